The van der Waals surface area contributed by atoms with Gasteiger partial charge >= 0.3 is 6.03 Å². The van der Waals surface area contributed by atoms with Crippen LogP contribution in [0.1, 0.15) is 57.8 Å². The third-order valence-electron chi connectivity index (χ3n) is 4.79. The maximum Gasteiger partial charge on any atom is 0.321 e. The largest absolute Gasteiger partial charge is 0.335 e. The van der Waals surface area contributed by atoms with Crippen LogP contribution >= 0.6 is 12.4 Å². The highest BCUT2D eigenvalue weighted by atomic mass is 35.5. The Kier molecular flexibility index (Phi) is 9.52. The lowest BCUT2D eigenvalue weighted by Gasteiger charge is -2.35. The third-order valence-corrected chi connectivity index (χ3v) is 4.79. The molecule has 1 unspecified atom stereocenters. The van der Waals surface area contributed by atoms with Crippen LogP contribution in [-0.2, 0) is 4.79 Å². The van der Waals surface area contributed by atoms with Crippen molar-refractivity contribution >= 4 is 24.3 Å². The zero-order chi connectivity index (χ0) is 15.8. The molecule has 1 saturated heterocycles. The van der Waals surface area contributed by atoms with Crippen molar-refractivity contribution in [2.45, 2.75) is 69.9 Å². The third kappa shape index (κ3) is 7.06. The lowest BCUT2D eigenvalue weighted by atomic mass is 9.96. The Morgan fingerprint density at radius 1 is 1.04 bits per heavy atom. The summed E-state index contributed by atoms with van der Waals surface area (Å²) in [6.45, 7) is 1.86. The van der Waals surface area contributed by atoms with Crippen LogP contribution in [0.3, 0.4) is 0 Å². The van der Waals surface area contributed by atoms with Gasteiger partial charge in [-0.3, -0.25) is 15.0 Å². The Morgan fingerprint density at radius 3 is 2.43 bits per heavy atom. The second kappa shape index (κ2) is 10.8. The van der Waals surface area contributed by atoms with E-state index < -0.39 is 0 Å². The first-order valence-corrected chi connectivity index (χ1v) is 8.73. The van der Waals surface area contributed by atoms with Gasteiger partial charge in [0.25, 0.3) is 0 Å². The molecule has 0 spiro atoms. The zero-order valence-electron chi connectivity index (χ0n) is 13.9. The summed E-state index contributed by atoms with van der Waals surface area (Å²) in [5.74, 6) is -0.211. The average molecular weight is 347 g/mol. The Balaban J connectivity index is 0.00000264. The van der Waals surface area contributed by atoms with Gasteiger partial charge in [-0.25, -0.2) is 4.79 Å². The summed E-state index contributed by atoms with van der Waals surface area (Å²) in [6.07, 6.45) is 9.93. The predicted octanol–water partition coefficient (Wildman–Crippen LogP) is 1.77. The van der Waals surface area contributed by atoms with Crippen molar-refractivity contribution in [1.29, 1.82) is 0 Å². The van der Waals surface area contributed by atoms with Gasteiger partial charge in [-0.2, -0.15) is 0 Å². The number of urea groups is 1. The Labute approximate surface area is 145 Å². The van der Waals surface area contributed by atoms with E-state index in [-0.39, 0.29) is 30.4 Å². The summed E-state index contributed by atoms with van der Waals surface area (Å²) in [4.78, 5) is 26.1. The maximum atomic E-state index is 12.1. The van der Waals surface area contributed by atoms with E-state index in [2.05, 4.69) is 15.5 Å². The first kappa shape index (κ1) is 20.2. The number of carbonyl (C=O) groups excluding carboxylic acids is 2. The van der Waals surface area contributed by atoms with Gasteiger partial charge in [0.05, 0.1) is 6.54 Å². The Hall–Kier alpha value is -0.850. The van der Waals surface area contributed by atoms with Gasteiger partial charge in [-0.05, 0) is 45.2 Å². The summed E-state index contributed by atoms with van der Waals surface area (Å²) >= 11 is 0. The van der Waals surface area contributed by atoms with E-state index in [1.807, 2.05) is 0 Å². The van der Waals surface area contributed by atoms with Gasteiger partial charge in [0.2, 0.25) is 5.91 Å². The van der Waals surface area contributed by atoms with E-state index in [9.17, 15) is 9.59 Å². The number of nitrogens with one attached hydrogen (secondary N) is 2. The second-order valence-electron chi connectivity index (χ2n) is 6.55. The maximum absolute atomic E-state index is 12.1. The van der Waals surface area contributed by atoms with E-state index in [4.69, 9.17) is 5.73 Å². The van der Waals surface area contributed by atoms with Gasteiger partial charge in [0, 0.05) is 12.1 Å². The van der Waals surface area contributed by atoms with Crippen LogP contribution in [0.4, 0.5) is 4.79 Å². The highest BCUT2D eigenvalue weighted by Crippen LogP contribution is 2.19. The fourth-order valence-corrected chi connectivity index (χ4v) is 3.61. The average Bonchev–Trinajstić information content (AvgIpc) is 2.50. The SMILES string of the molecule is Cl.NCCC1CCCCN1CC(=O)NC(=O)NC1CCCCC1. The summed E-state index contributed by atoms with van der Waals surface area (Å²) in [6, 6.07) is 0.261. The molecule has 4 N–H and O–H groups in total. The second-order valence-corrected chi connectivity index (χ2v) is 6.55. The summed E-state index contributed by atoms with van der Waals surface area (Å²) < 4.78 is 0. The summed E-state index contributed by atoms with van der Waals surface area (Å²) in [7, 11) is 0. The molecular weight excluding hydrogens is 316 g/mol. The molecule has 1 aliphatic heterocycles. The zero-order valence-corrected chi connectivity index (χ0v) is 14.7. The predicted molar refractivity (Wildman–Crippen MR) is 93.7 cm³/mol. The standard InChI is InChI=1S/C16H30N4O2.ClH/c17-10-9-14-8-4-5-11-20(14)12-15(21)19-16(22)18-13-6-2-1-3-7-13;/h13-14H,1-12,17H2,(H2,18,19,21,22);1H. The van der Waals surface area contributed by atoms with Crippen molar-refractivity contribution in [2.75, 3.05) is 19.6 Å². The molecule has 0 radical (unpaired) electrons. The quantitative estimate of drug-likeness (QED) is 0.708. The van der Waals surface area contributed by atoms with Gasteiger partial charge in [0.1, 0.15) is 0 Å². The Bertz CT molecular complexity index is 373. The molecule has 0 aromatic rings. The number of hydrogen-bond donors (Lipinski definition) is 3. The number of likely N-dealkylation sites (tertiary alicyclic amines) is 1. The summed E-state index contributed by atoms with van der Waals surface area (Å²) in [5, 5.41) is 5.39. The van der Waals surface area contributed by atoms with Crippen LogP contribution in [0.2, 0.25) is 0 Å². The van der Waals surface area contributed by atoms with E-state index in [1.165, 1.54) is 12.8 Å². The number of hydrogen-bond acceptors (Lipinski definition) is 4. The van der Waals surface area contributed by atoms with Crippen molar-refractivity contribution < 1.29 is 9.59 Å². The van der Waals surface area contributed by atoms with Crippen LogP contribution in [-0.4, -0.2) is 48.6 Å². The van der Waals surface area contributed by atoms with Crippen molar-refractivity contribution in [3.63, 3.8) is 0 Å². The highest BCUT2D eigenvalue weighted by molar-refractivity contribution is 5.95. The molecule has 2 aliphatic rings. The van der Waals surface area contributed by atoms with Crippen molar-refractivity contribution in [1.82, 2.24) is 15.5 Å². The minimum atomic E-state index is -0.343. The van der Waals surface area contributed by atoms with Crippen LogP contribution < -0.4 is 16.4 Å². The van der Waals surface area contributed by atoms with E-state index in [0.29, 0.717) is 19.1 Å². The highest BCUT2D eigenvalue weighted by Gasteiger charge is 2.24. The molecule has 7 heteroatoms. The molecule has 1 atom stereocenters. The van der Waals surface area contributed by atoms with Crippen LogP contribution in [0.15, 0.2) is 0 Å². The minimum Gasteiger partial charge on any atom is -0.335 e. The molecular formula is C16H31ClN4O2. The number of piperidine rings is 1. The first-order valence-electron chi connectivity index (χ1n) is 8.73. The smallest absolute Gasteiger partial charge is 0.321 e. The molecule has 1 aliphatic carbocycles. The van der Waals surface area contributed by atoms with Gasteiger partial charge < -0.3 is 11.1 Å². The molecule has 2 rings (SSSR count). The van der Waals surface area contributed by atoms with E-state index in [1.54, 1.807) is 0 Å². The lowest BCUT2D eigenvalue weighted by molar-refractivity contribution is -0.122. The number of nitrogens with zero attached hydrogens (tertiary/aromatic N) is 1. The summed E-state index contributed by atoms with van der Waals surface area (Å²) in [5.41, 5.74) is 5.65. The molecule has 134 valence electrons. The number of halogens is 1. The van der Waals surface area contributed by atoms with Crippen LogP contribution in [0.5, 0.6) is 0 Å². The number of nitrogens with two attached hydrogens (primary N) is 1. The number of imide groups is 1. The van der Waals surface area contributed by atoms with Gasteiger partial charge in [-0.15, -0.1) is 12.4 Å². The van der Waals surface area contributed by atoms with Gasteiger partial charge in [-0.1, -0.05) is 25.7 Å². The van der Waals surface area contributed by atoms with Crippen LogP contribution in [0.25, 0.3) is 0 Å². The molecule has 1 heterocycles. The first-order chi connectivity index (χ1) is 10.7. The number of rotatable bonds is 5. The van der Waals surface area contributed by atoms with Crippen molar-refractivity contribution in [2.24, 2.45) is 5.73 Å². The molecule has 0 aromatic carbocycles. The van der Waals surface area contributed by atoms with E-state index >= 15 is 0 Å². The number of carbonyl (C=O) groups is 2. The van der Waals surface area contributed by atoms with Crippen molar-refractivity contribution in [3.8, 4) is 0 Å². The Morgan fingerprint density at radius 2 is 1.74 bits per heavy atom. The van der Waals surface area contributed by atoms with Crippen LogP contribution in [0, 0.1) is 0 Å². The molecule has 0 aromatic heterocycles. The molecule has 6 nitrogen and oxygen atoms in total. The fourth-order valence-electron chi connectivity index (χ4n) is 3.61. The molecule has 3 amide bonds. The molecule has 0 bridgehead atoms. The molecule has 2 fully saturated rings. The van der Waals surface area contributed by atoms with E-state index in [0.717, 1.165) is 51.5 Å². The molecule has 23 heavy (non-hydrogen) atoms. The lowest BCUT2D eigenvalue weighted by Crippen LogP contribution is -2.50. The molecule has 1 saturated carbocycles. The minimum absolute atomic E-state index is 0. The fraction of sp³-hybridized carbons (Fsp3) is 0.875. The topological polar surface area (TPSA) is 87.5 Å². The van der Waals surface area contributed by atoms with Gasteiger partial charge in [0.15, 0.2) is 0 Å². The van der Waals surface area contributed by atoms with Crippen molar-refractivity contribution in [3.05, 3.63) is 0 Å². The normalized spacial score (nSPS) is 22.9. The number of amides is 3. The monoisotopic (exact) mass is 346 g/mol.